The maximum absolute atomic E-state index is 13.4. The summed E-state index contributed by atoms with van der Waals surface area (Å²) in [5, 5.41) is 2.68. The van der Waals surface area contributed by atoms with E-state index in [4.69, 9.17) is 19.9 Å². The Balaban J connectivity index is 2.26. The Morgan fingerprint density at radius 3 is 2.18 bits per heavy atom. The largest absolute Gasteiger partial charge is 0.493 e. The number of benzene rings is 2. The summed E-state index contributed by atoms with van der Waals surface area (Å²) in [7, 11) is 2.72. The highest BCUT2D eigenvalue weighted by molar-refractivity contribution is 5.96. The SMILES string of the molecule is COc1cc(C(=O)NC(C)c2ccc(F)c(F)c2)cc(OC)c1OCC(N)=O. The third-order valence-corrected chi connectivity index (χ3v) is 3.87. The number of carbonyl (C=O) groups excluding carboxylic acids is 2. The van der Waals surface area contributed by atoms with Crippen molar-refractivity contribution in [2.45, 2.75) is 13.0 Å². The Kier molecular flexibility index (Phi) is 6.75. The van der Waals surface area contributed by atoms with E-state index in [0.29, 0.717) is 5.56 Å². The summed E-state index contributed by atoms with van der Waals surface area (Å²) in [6.07, 6.45) is 0. The molecule has 2 rings (SSSR count). The van der Waals surface area contributed by atoms with Crippen LogP contribution in [0.25, 0.3) is 0 Å². The highest BCUT2D eigenvalue weighted by Crippen LogP contribution is 2.38. The van der Waals surface area contributed by atoms with Gasteiger partial charge in [-0.15, -0.1) is 0 Å². The molecule has 3 N–H and O–H groups in total. The third-order valence-electron chi connectivity index (χ3n) is 3.87. The van der Waals surface area contributed by atoms with Gasteiger partial charge < -0.3 is 25.3 Å². The van der Waals surface area contributed by atoms with Crippen molar-refractivity contribution >= 4 is 11.8 Å². The van der Waals surface area contributed by atoms with Crippen molar-refractivity contribution < 1.29 is 32.6 Å². The van der Waals surface area contributed by atoms with Crippen molar-refractivity contribution in [2.24, 2.45) is 5.73 Å². The molecule has 0 aliphatic carbocycles. The highest BCUT2D eigenvalue weighted by Gasteiger charge is 2.20. The first-order valence-electron chi connectivity index (χ1n) is 8.19. The molecule has 2 aromatic carbocycles. The predicted octanol–water partition coefficient (Wildman–Crippen LogP) is 2.34. The van der Waals surface area contributed by atoms with Crippen molar-refractivity contribution in [1.82, 2.24) is 5.32 Å². The average Bonchev–Trinajstić information content (AvgIpc) is 2.67. The summed E-state index contributed by atoms with van der Waals surface area (Å²) >= 11 is 0. The number of halogens is 2. The fourth-order valence-corrected chi connectivity index (χ4v) is 2.44. The molecule has 2 aromatic rings. The van der Waals surface area contributed by atoms with Gasteiger partial charge in [0.1, 0.15) is 0 Å². The monoisotopic (exact) mass is 394 g/mol. The van der Waals surface area contributed by atoms with E-state index in [1.165, 1.54) is 32.4 Å². The molecule has 7 nitrogen and oxygen atoms in total. The van der Waals surface area contributed by atoms with Crippen LogP contribution >= 0.6 is 0 Å². The Hall–Kier alpha value is -3.36. The number of amides is 2. The molecule has 0 aromatic heterocycles. The van der Waals surface area contributed by atoms with E-state index in [1.54, 1.807) is 6.92 Å². The molecule has 0 saturated heterocycles. The molecule has 0 aliphatic rings. The molecule has 9 heteroatoms. The summed E-state index contributed by atoms with van der Waals surface area (Å²) in [6, 6.07) is 5.58. The van der Waals surface area contributed by atoms with Gasteiger partial charge in [0.15, 0.2) is 29.7 Å². The Morgan fingerprint density at radius 1 is 1.07 bits per heavy atom. The van der Waals surface area contributed by atoms with Crippen molar-refractivity contribution in [1.29, 1.82) is 0 Å². The molecule has 1 atom stereocenters. The van der Waals surface area contributed by atoms with E-state index in [1.807, 2.05) is 0 Å². The summed E-state index contributed by atoms with van der Waals surface area (Å²) in [5.74, 6) is -2.73. The summed E-state index contributed by atoms with van der Waals surface area (Å²) < 4.78 is 42.2. The minimum atomic E-state index is -1.00. The van der Waals surface area contributed by atoms with Crippen LogP contribution in [-0.2, 0) is 4.79 Å². The van der Waals surface area contributed by atoms with E-state index in [0.717, 1.165) is 12.1 Å². The zero-order chi connectivity index (χ0) is 20.8. The Morgan fingerprint density at radius 2 is 1.68 bits per heavy atom. The normalized spacial score (nSPS) is 11.5. The number of hydrogen-bond acceptors (Lipinski definition) is 5. The summed E-state index contributed by atoms with van der Waals surface area (Å²) in [6.45, 7) is 1.23. The van der Waals surface area contributed by atoms with Crippen LogP contribution < -0.4 is 25.3 Å². The molecule has 0 bridgehead atoms. The second-order valence-corrected chi connectivity index (χ2v) is 5.83. The number of nitrogens with two attached hydrogens (primary N) is 1. The Bertz CT molecular complexity index is 864. The highest BCUT2D eigenvalue weighted by atomic mass is 19.2. The number of ether oxygens (including phenoxy) is 3. The van der Waals surface area contributed by atoms with E-state index >= 15 is 0 Å². The topological polar surface area (TPSA) is 99.9 Å². The van der Waals surface area contributed by atoms with Gasteiger partial charge in [-0.2, -0.15) is 0 Å². The molecule has 150 valence electrons. The lowest BCUT2D eigenvalue weighted by molar-refractivity contribution is -0.120. The van der Waals surface area contributed by atoms with Gasteiger partial charge in [-0.3, -0.25) is 9.59 Å². The molecule has 0 aliphatic heterocycles. The lowest BCUT2D eigenvalue weighted by atomic mass is 10.1. The van der Waals surface area contributed by atoms with E-state index < -0.39 is 36.1 Å². The van der Waals surface area contributed by atoms with Crippen molar-refractivity contribution in [2.75, 3.05) is 20.8 Å². The fourth-order valence-electron chi connectivity index (χ4n) is 2.44. The predicted molar refractivity (Wildman–Crippen MR) is 96.5 cm³/mol. The average molecular weight is 394 g/mol. The van der Waals surface area contributed by atoms with Gasteiger partial charge in [0.05, 0.1) is 20.3 Å². The minimum absolute atomic E-state index is 0.119. The molecule has 1 unspecified atom stereocenters. The number of primary amides is 1. The molecule has 0 heterocycles. The zero-order valence-corrected chi connectivity index (χ0v) is 15.5. The number of rotatable bonds is 8. The van der Waals surface area contributed by atoms with Crippen molar-refractivity contribution in [3.8, 4) is 17.2 Å². The molecule has 0 fully saturated rings. The third kappa shape index (κ3) is 4.87. The van der Waals surface area contributed by atoms with Crippen molar-refractivity contribution in [3.05, 3.63) is 53.1 Å². The van der Waals surface area contributed by atoms with Gasteiger partial charge in [-0.05, 0) is 36.8 Å². The molecular formula is C19H20F2N2O5. The Labute approximate surface area is 160 Å². The van der Waals surface area contributed by atoms with E-state index in [2.05, 4.69) is 5.32 Å². The van der Waals surface area contributed by atoms with Crippen LogP contribution in [-0.4, -0.2) is 32.6 Å². The number of nitrogens with one attached hydrogen (secondary N) is 1. The van der Waals surface area contributed by atoms with Gasteiger partial charge in [0, 0.05) is 5.56 Å². The van der Waals surface area contributed by atoms with Crippen LogP contribution in [0.5, 0.6) is 17.2 Å². The summed E-state index contributed by atoms with van der Waals surface area (Å²) in [4.78, 5) is 23.5. The molecule has 0 spiro atoms. The molecule has 0 saturated carbocycles. The van der Waals surface area contributed by atoms with Crippen molar-refractivity contribution in [3.63, 3.8) is 0 Å². The quantitative estimate of drug-likeness (QED) is 0.716. The van der Waals surface area contributed by atoms with Gasteiger partial charge >= 0.3 is 0 Å². The second-order valence-electron chi connectivity index (χ2n) is 5.83. The first-order valence-corrected chi connectivity index (χ1v) is 8.19. The number of methoxy groups -OCH3 is 2. The van der Waals surface area contributed by atoms with Crippen LogP contribution in [0.2, 0.25) is 0 Å². The van der Waals surface area contributed by atoms with Crippen LogP contribution in [0.3, 0.4) is 0 Å². The number of carbonyl (C=O) groups is 2. The standard InChI is InChI=1S/C19H20F2N2O5/c1-10(11-4-5-13(20)14(21)6-11)23-19(25)12-7-15(26-2)18(16(8-12)27-3)28-9-17(22)24/h4-8,10H,9H2,1-3H3,(H2,22,24)(H,23,25). The lowest BCUT2D eigenvalue weighted by Gasteiger charge is -2.17. The zero-order valence-electron chi connectivity index (χ0n) is 15.5. The maximum atomic E-state index is 13.4. The minimum Gasteiger partial charge on any atom is -0.493 e. The van der Waals surface area contributed by atoms with Crippen LogP contribution in [0.15, 0.2) is 30.3 Å². The first-order chi connectivity index (χ1) is 13.3. The summed E-state index contributed by atoms with van der Waals surface area (Å²) in [5.41, 5.74) is 5.64. The van der Waals surface area contributed by atoms with Crippen LogP contribution in [0, 0.1) is 11.6 Å². The van der Waals surface area contributed by atoms with Crippen LogP contribution in [0.1, 0.15) is 28.9 Å². The smallest absolute Gasteiger partial charge is 0.255 e. The second kappa shape index (κ2) is 9.03. The van der Waals surface area contributed by atoms with E-state index in [-0.39, 0.29) is 22.8 Å². The molecule has 28 heavy (non-hydrogen) atoms. The maximum Gasteiger partial charge on any atom is 0.255 e. The molecular weight excluding hydrogens is 374 g/mol. The van der Waals surface area contributed by atoms with Gasteiger partial charge in [0.25, 0.3) is 11.8 Å². The van der Waals surface area contributed by atoms with Gasteiger partial charge in [-0.25, -0.2) is 8.78 Å². The molecule has 2 amide bonds. The number of hydrogen-bond donors (Lipinski definition) is 2. The first kappa shape index (κ1) is 20.9. The van der Waals surface area contributed by atoms with Gasteiger partial charge in [0.2, 0.25) is 5.75 Å². The van der Waals surface area contributed by atoms with Gasteiger partial charge in [-0.1, -0.05) is 6.07 Å². The van der Waals surface area contributed by atoms with E-state index in [9.17, 15) is 18.4 Å². The lowest BCUT2D eigenvalue weighted by Crippen LogP contribution is -2.27. The molecule has 0 radical (unpaired) electrons. The fraction of sp³-hybridized carbons (Fsp3) is 0.263. The van der Waals surface area contributed by atoms with Crippen LogP contribution in [0.4, 0.5) is 8.78 Å².